The van der Waals surface area contributed by atoms with Gasteiger partial charge in [-0.25, -0.2) is 5.43 Å². The summed E-state index contributed by atoms with van der Waals surface area (Å²) in [5, 5.41) is 16.1. The minimum atomic E-state index is -0.326. The first-order valence-electron chi connectivity index (χ1n) is 8.58. The Balaban J connectivity index is 1.32. The van der Waals surface area contributed by atoms with Crippen LogP contribution in [0.2, 0.25) is 0 Å². The summed E-state index contributed by atoms with van der Waals surface area (Å²) in [4.78, 5) is 15.4. The molecule has 2 aromatic heterocycles. The Morgan fingerprint density at radius 2 is 1.71 bits per heavy atom. The molecule has 0 atom stereocenters. The van der Waals surface area contributed by atoms with Crippen LogP contribution in [-0.2, 0) is 11.3 Å². The molecule has 4 aromatic rings. The third-order valence-corrected chi connectivity index (χ3v) is 4.90. The first-order valence-corrected chi connectivity index (χ1v) is 9.40. The van der Waals surface area contributed by atoms with Crippen LogP contribution in [0, 0.1) is 0 Å². The second kappa shape index (κ2) is 8.36. The van der Waals surface area contributed by atoms with Crippen LogP contribution in [0.25, 0.3) is 21.8 Å². The number of hydrogen-bond acceptors (Lipinski definition) is 6. The van der Waals surface area contributed by atoms with E-state index in [0.717, 1.165) is 20.9 Å². The molecular weight excluding hydrogens is 372 g/mol. The highest BCUT2D eigenvalue weighted by atomic mass is 32.1. The molecular formula is C20H16N6OS. The second-order valence-electron chi connectivity index (χ2n) is 5.87. The molecule has 7 nitrogen and oxygen atoms in total. The van der Waals surface area contributed by atoms with E-state index in [-0.39, 0.29) is 12.5 Å². The predicted molar refractivity (Wildman–Crippen MR) is 109 cm³/mol. The van der Waals surface area contributed by atoms with Crippen LogP contribution in [0.3, 0.4) is 0 Å². The van der Waals surface area contributed by atoms with Gasteiger partial charge in [0, 0.05) is 15.3 Å². The van der Waals surface area contributed by atoms with Gasteiger partial charge in [0.05, 0.1) is 6.21 Å². The number of amides is 1. The molecule has 0 aliphatic heterocycles. The normalized spacial score (nSPS) is 11.0. The first-order chi connectivity index (χ1) is 13.8. The van der Waals surface area contributed by atoms with Crippen LogP contribution in [-0.4, -0.2) is 32.3 Å². The molecule has 0 spiro atoms. The van der Waals surface area contributed by atoms with Crippen molar-refractivity contribution in [3.63, 3.8) is 0 Å². The number of aromatic nitrogens is 4. The monoisotopic (exact) mass is 388 g/mol. The van der Waals surface area contributed by atoms with E-state index in [1.165, 1.54) is 4.80 Å². The minimum Gasteiger partial charge on any atom is -0.271 e. The summed E-state index contributed by atoms with van der Waals surface area (Å²) >= 11 is 1.60. The fraction of sp³-hybridized carbons (Fsp3) is 0.0500. The van der Waals surface area contributed by atoms with Crippen molar-refractivity contribution in [1.82, 2.24) is 25.6 Å². The lowest BCUT2D eigenvalue weighted by molar-refractivity contribution is -0.122. The van der Waals surface area contributed by atoms with E-state index in [2.05, 4.69) is 38.1 Å². The van der Waals surface area contributed by atoms with Gasteiger partial charge in [-0.3, -0.25) is 4.79 Å². The number of nitrogens with zero attached hydrogens (tertiary/aromatic N) is 5. The van der Waals surface area contributed by atoms with Gasteiger partial charge in [0.1, 0.15) is 6.54 Å². The highest BCUT2D eigenvalue weighted by molar-refractivity contribution is 7.17. The first kappa shape index (κ1) is 17.7. The van der Waals surface area contributed by atoms with E-state index < -0.39 is 0 Å². The topological polar surface area (TPSA) is 85.1 Å². The maximum Gasteiger partial charge on any atom is 0.263 e. The van der Waals surface area contributed by atoms with Crippen molar-refractivity contribution in [1.29, 1.82) is 0 Å². The average Bonchev–Trinajstić information content (AvgIpc) is 3.39. The van der Waals surface area contributed by atoms with Crippen molar-refractivity contribution in [3.05, 3.63) is 77.7 Å². The summed E-state index contributed by atoms with van der Waals surface area (Å²) in [5.74, 6) is 0.150. The minimum absolute atomic E-state index is 0.0587. The van der Waals surface area contributed by atoms with E-state index in [4.69, 9.17) is 0 Å². The van der Waals surface area contributed by atoms with E-state index in [0.29, 0.717) is 5.82 Å². The summed E-state index contributed by atoms with van der Waals surface area (Å²) < 4.78 is 0. The molecule has 0 aliphatic rings. The van der Waals surface area contributed by atoms with E-state index in [9.17, 15) is 4.79 Å². The Morgan fingerprint density at radius 1 is 1.00 bits per heavy atom. The van der Waals surface area contributed by atoms with Gasteiger partial charge in [-0.1, -0.05) is 60.7 Å². The summed E-state index contributed by atoms with van der Waals surface area (Å²) in [5.41, 5.74) is 4.49. The van der Waals surface area contributed by atoms with Crippen LogP contribution in [0.1, 0.15) is 4.88 Å². The van der Waals surface area contributed by atoms with Crippen molar-refractivity contribution in [2.75, 3.05) is 0 Å². The third kappa shape index (κ3) is 4.36. The summed E-state index contributed by atoms with van der Waals surface area (Å²) in [6, 6.07) is 23.6. The average molecular weight is 388 g/mol. The molecule has 0 fully saturated rings. The Morgan fingerprint density at radius 3 is 2.46 bits per heavy atom. The quantitative estimate of drug-likeness (QED) is 0.406. The van der Waals surface area contributed by atoms with Crippen LogP contribution in [0.4, 0.5) is 0 Å². The van der Waals surface area contributed by atoms with Crippen molar-refractivity contribution in [2.45, 2.75) is 6.54 Å². The lowest BCUT2D eigenvalue weighted by Crippen LogP contribution is -2.24. The highest BCUT2D eigenvalue weighted by Gasteiger charge is 2.08. The van der Waals surface area contributed by atoms with Gasteiger partial charge in [0.2, 0.25) is 5.82 Å². The summed E-state index contributed by atoms with van der Waals surface area (Å²) in [6.45, 7) is -0.0587. The third-order valence-electron chi connectivity index (χ3n) is 3.84. The molecule has 0 radical (unpaired) electrons. The number of hydrazone groups is 1. The van der Waals surface area contributed by atoms with Gasteiger partial charge < -0.3 is 0 Å². The van der Waals surface area contributed by atoms with Crippen molar-refractivity contribution in [3.8, 4) is 21.8 Å². The fourth-order valence-corrected chi connectivity index (χ4v) is 3.41. The zero-order chi connectivity index (χ0) is 19.2. The molecule has 4 rings (SSSR count). The summed E-state index contributed by atoms with van der Waals surface area (Å²) in [7, 11) is 0. The smallest absolute Gasteiger partial charge is 0.263 e. The molecule has 138 valence electrons. The molecule has 2 aromatic carbocycles. The van der Waals surface area contributed by atoms with Gasteiger partial charge in [0.15, 0.2) is 0 Å². The van der Waals surface area contributed by atoms with Gasteiger partial charge in [-0.15, -0.1) is 21.5 Å². The van der Waals surface area contributed by atoms with Crippen molar-refractivity contribution in [2.24, 2.45) is 5.10 Å². The molecule has 0 aliphatic carbocycles. The molecule has 0 saturated heterocycles. The SMILES string of the molecule is O=C(Cn1nnc(-c2ccccc2)n1)N/N=C\c1ccc(-c2ccccc2)s1. The Hall–Kier alpha value is -3.65. The van der Waals surface area contributed by atoms with Gasteiger partial charge in [-0.2, -0.15) is 9.90 Å². The maximum atomic E-state index is 12.0. The predicted octanol–water partition coefficient (Wildman–Crippen LogP) is 3.22. The molecule has 2 heterocycles. The van der Waals surface area contributed by atoms with Gasteiger partial charge in [-0.05, 0) is 22.9 Å². The zero-order valence-corrected chi connectivity index (χ0v) is 15.6. The van der Waals surface area contributed by atoms with Crippen LogP contribution < -0.4 is 5.43 Å². The van der Waals surface area contributed by atoms with Crippen LogP contribution in [0.15, 0.2) is 77.9 Å². The number of tetrazole rings is 1. The Kier molecular flexibility index (Phi) is 5.30. The summed E-state index contributed by atoms with van der Waals surface area (Å²) in [6.07, 6.45) is 1.62. The number of carbonyl (C=O) groups excluding carboxylic acids is 1. The zero-order valence-electron chi connectivity index (χ0n) is 14.8. The molecule has 0 saturated carbocycles. The number of hydrogen-bond donors (Lipinski definition) is 1. The maximum absolute atomic E-state index is 12.0. The standard InChI is InChI=1S/C20H16N6OS/c27-19(14-26-24-20(23-25-26)16-9-5-2-6-10-16)22-21-13-17-11-12-18(28-17)15-7-3-1-4-8-15/h1-13H,14H2,(H,22,27)/b21-13-. The van der Waals surface area contributed by atoms with Crippen LogP contribution in [0.5, 0.6) is 0 Å². The molecule has 1 amide bonds. The van der Waals surface area contributed by atoms with Crippen molar-refractivity contribution >= 4 is 23.5 Å². The lowest BCUT2D eigenvalue weighted by Gasteiger charge is -1.97. The van der Waals surface area contributed by atoms with E-state index in [1.807, 2.05) is 60.7 Å². The number of thiophene rings is 1. The van der Waals surface area contributed by atoms with Gasteiger partial charge >= 0.3 is 0 Å². The van der Waals surface area contributed by atoms with E-state index in [1.54, 1.807) is 17.6 Å². The molecule has 1 N–H and O–H groups in total. The Bertz CT molecular complexity index is 1090. The number of benzene rings is 2. The second-order valence-corrected chi connectivity index (χ2v) is 6.99. The lowest BCUT2D eigenvalue weighted by atomic mass is 10.2. The van der Waals surface area contributed by atoms with Gasteiger partial charge in [0.25, 0.3) is 5.91 Å². The number of nitrogens with one attached hydrogen (secondary N) is 1. The number of rotatable bonds is 6. The molecule has 28 heavy (non-hydrogen) atoms. The molecule has 0 unspecified atom stereocenters. The Labute approximate surface area is 165 Å². The number of carbonyl (C=O) groups is 1. The largest absolute Gasteiger partial charge is 0.271 e. The fourth-order valence-electron chi connectivity index (χ4n) is 2.52. The van der Waals surface area contributed by atoms with Crippen molar-refractivity contribution < 1.29 is 4.79 Å². The molecule has 0 bridgehead atoms. The van der Waals surface area contributed by atoms with Crippen LogP contribution >= 0.6 is 11.3 Å². The molecule has 8 heteroatoms. The van der Waals surface area contributed by atoms with E-state index >= 15 is 0 Å². The highest BCUT2D eigenvalue weighted by Crippen LogP contribution is 2.26.